The molecular formula is C15H20N2O3. The minimum atomic E-state index is -0.822. The third-order valence-electron chi connectivity index (χ3n) is 3.22. The zero-order chi connectivity index (χ0) is 14.9. The van der Waals surface area contributed by atoms with Gasteiger partial charge in [0.05, 0.1) is 6.54 Å². The van der Waals surface area contributed by atoms with Crippen LogP contribution in [0, 0.1) is 13.8 Å². The topological polar surface area (TPSA) is 58.6 Å². The second-order valence-corrected chi connectivity index (χ2v) is 5.68. The number of amides is 3. The Morgan fingerprint density at radius 2 is 1.75 bits per heavy atom. The third kappa shape index (κ3) is 2.92. The van der Waals surface area contributed by atoms with Gasteiger partial charge in [-0.15, -0.1) is 0 Å². The molecule has 0 radical (unpaired) electrons. The molecule has 20 heavy (non-hydrogen) atoms. The second kappa shape index (κ2) is 5.15. The Bertz CT molecular complexity index is 532. The van der Waals surface area contributed by atoms with Crippen LogP contribution in [0.3, 0.4) is 0 Å². The molecule has 3 amide bonds. The summed E-state index contributed by atoms with van der Waals surface area (Å²) in [4.78, 5) is 24.9. The zero-order valence-corrected chi connectivity index (χ0v) is 12.3. The summed E-state index contributed by atoms with van der Waals surface area (Å²) < 4.78 is 5.62. The molecule has 0 bridgehead atoms. The normalized spacial score (nSPS) is 17.3. The van der Waals surface area contributed by atoms with E-state index >= 15 is 0 Å². The summed E-state index contributed by atoms with van der Waals surface area (Å²) in [5, 5.41) is 2.64. The molecule has 1 saturated heterocycles. The Hall–Kier alpha value is -2.04. The SMILES string of the molecule is Cc1cc(C)cc(OCCN2C(=O)NC(C)(C)C2=O)c1. The van der Waals surface area contributed by atoms with Gasteiger partial charge in [0.25, 0.3) is 5.91 Å². The number of carbonyl (C=O) groups excluding carboxylic acids is 2. The van der Waals surface area contributed by atoms with Gasteiger partial charge < -0.3 is 10.1 Å². The fourth-order valence-electron chi connectivity index (χ4n) is 2.29. The predicted molar refractivity (Wildman–Crippen MR) is 75.7 cm³/mol. The van der Waals surface area contributed by atoms with Crippen LogP contribution < -0.4 is 10.1 Å². The molecule has 1 aliphatic rings. The lowest BCUT2D eigenvalue weighted by molar-refractivity contribution is -0.130. The number of ether oxygens (including phenoxy) is 1. The number of hydrogen-bond donors (Lipinski definition) is 1. The second-order valence-electron chi connectivity index (χ2n) is 5.68. The van der Waals surface area contributed by atoms with Gasteiger partial charge in [0.1, 0.15) is 17.9 Å². The van der Waals surface area contributed by atoms with Crippen molar-refractivity contribution in [3.8, 4) is 5.75 Å². The maximum atomic E-state index is 12.0. The van der Waals surface area contributed by atoms with Crippen LogP contribution in [0.2, 0.25) is 0 Å². The maximum Gasteiger partial charge on any atom is 0.325 e. The fourth-order valence-corrected chi connectivity index (χ4v) is 2.29. The van der Waals surface area contributed by atoms with Crippen LogP contribution in [0.25, 0.3) is 0 Å². The van der Waals surface area contributed by atoms with Crippen molar-refractivity contribution in [2.45, 2.75) is 33.2 Å². The van der Waals surface area contributed by atoms with E-state index in [1.165, 1.54) is 4.90 Å². The van der Waals surface area contributed by atoms with Gasteiger partial charge in [0.15, 0.2) is 0 Å². The van der Waals surface area contributed by atoms with E-state index < -0.39 is 5.54 Å². The van der Waals surface area contributed by atoms with Crippen LogP contribution >= 0.6 is 0 Å². The molecule has 5 nitrogen and oxygen atoms in total. The van der Waals surface area contributed by atoms with E-state index in [1.54, 1.807) is 13.8 Å². The Morgan fingerprint density at radius 3 is 2.25 bits per heavy atom. The van der Waals surface area contributed by atoms with E-state index in [0.717, 1.165) is 16.9 Å². The van der Waals surface area contributed by atoms with Gasteiger partial charge in [-0.05, 0) is 51.0 Å². The van der Waals surface area contributed by atoms with Gasteiger partial charge in [-0.2, -0.15) is 0 Å². The lowest BCUT2D eigenvalue weighted by atomic mass is 10.1. The van der Waals surface area contributed by atoms with Crippen molar-refractivity contribution in [1.82, 2.24) is 10.2 Å². The molecule has 1 fully saturated rings. The van der Waals surface area contributed by atoms with Gasteiger partial charge >= 0.3 is 6.03 Å². The third-order valence-corrected chi connectivity index (χ3v) is 3.22. The van der Waals surface area contributed by atoms with Crippen LogP contribution in [0.15, 0.2) is 18.2 Å². The largest absolute Gasteiger partial charge is 0.492 e. The van der Waals surface area contributed by atoms with Crippen LogP contribution in [0.5, 0.6) is 5.75 Å². The van der Waals surface area contributed by atoms with Crippen LogP contribution in [0.4, 0.5) is 4.79 Å². The van der Waals surface area contributed by atoms with E-state index in [4.69, 9.17) is 4.74 Å². The van der Waals surface area contributed by atoms with Crippen molar-refractivity contribution in [3.63, 3.8) is 0 Å². The minimum Gasteiger partial charge on any atom is -0.492 e. The summed E-state index contributed by atoms with van der Waals surface area (Å²) in [6, 6.07) is 5.57. The maximum absolute atomic E-state index is 12.0. The van der Waals surface area contributed by atoms with E-state index in [9.17, 15) is 9.59 Å². The number of benzene rings is 1. The number of aryl methyl sites for hydroxylation is 2. The molecule has 108 valence electrons. The van der Waals surface area contributed by atoms with E-state index in [-0.39, 0.29) is 25.1 Å². The molecular weight excluding hydrogens is 256 g/mol. The molecule has 1 aliphatic heterocycles. The molecule has 0 atom stereocenters. The first-order chi connectivity index (χ1) is 9.29. The van der Waals surface area contributed by atoms with Crippen LogP contribution in [0.1, 0.15) is 25.0 Å². The average molecular weight is 276 g/mol. The molecule has 1 N–H and O–H groups in total. The van der Waals surface area contributed by atoms with E-state index in [2.05, 4.69) is 11.4 Å². The molecule has 1 aromatic carbocycles. The van der Waals surface area contributed by atoms with Crippen molar-refractivity contribution in [2.75, 3.05) is 13.2 Å². The highest BCUT2D eigenvalue weighted by molar-refractivity contribution is 6.06. The first-order valence-electron chi connectivity index (χ1n) is 6.65. The van der Waals surface area contributed by atoms with Gasteiger partial charge in [-0.25, -0.2) is 4.79 Å². The highest BCUT2D eigenvalue weighted by atomic mass is 16.5. The Labute approximate surface area is 118 Å². The first-order valence-corrected chi connectivity index (χ1v) is 6.65. The summed E-state index contributed by atoms with van der Waals surface area (Å²) in [6.07, 6.45) is 0. The minimum absolute atomic E-state index is 0.216. The Balaban J connectivity index is 1.93. The summed E-state index contributed by atoms with van der Waals surface area (Å²) in [5.74, 6) is 0.542. The van der Waals surface area contributed by atoms with Crippen LogP contribution in [-0.4, -0.2) is 35.5 Å². The van der Waals surface area contributed by atoms with E-state index in [1.807, 2.05) is 26.0 Å². The standard InChI is InChI=1S/C15H20N2O3/c1-10-7-11(2)9-12(8-10)20-6-5-17-13(18)15(3,4)16-14(17)19/h7-9H,5-6H2,1-4H3,(H,16,19). The predicted octanol–water partition coefficient (Wildman–Crippen LogP) is 2.01. The number of nitrogens with zero attached hydrogens (tertiary/aromatic N) is 1. The molecule has 1 heterocycles. The number of nitrogens with one attached hydrogen (secondary N) is 1. The summed E-state index contributed by atoms with van der Waals surface area (Å²) >= 11 is 0. The van der Waals surface area contributed by atoms with Crippen molar-refractivity contribution < 1.29 is 14.3 Å². The van der Waals surface area contributed by atoms with E-state index in [0.29, 0.717) is 0 Å². The Morgan fingerprint density at radius 1 is 1.15 bits per heavy atom. The molecule has 0 saturated carbocycles. The summed E-state index contributed by atoms with van der Waals surface area (Å²) in [6.45, 7) is 7.93. The number of carbonyl (C=O) groups is 2. The monoisotopic (exact) mass is 276 g/mol. The number of hydrogen-bond acceptors (Lipinski definition) is 3. The first kappa shape index (κ1) is 14.4. The molecule has 5 heteroatoms. The molecule has 2 rings (SSSR count). The fraction of sp³-hybridized carbons (Fsp3) is 0.467. The van der Waals surface area contributed by atoms with Crippen LogP contribution in [-0.2, 0) is 4.79 Å². The number of imide groups is 1. The van der Waals surface area contributed by atoms with Gasteiger partial charge in [-0.3, -0.25) is 9.69 Å². The van der Waals surface area contributed by atoms with Crippen molar-refractivity contribution in [1.29, 1.82) is 0 Å². The number of rotatable bonds is 4. The average Bonchev–Trinajstić information content (AvgIpc) is 2.49. The molecule has 0 aromatic heterocycles. The van der Waals surface area contributed by atoms with Gasteiger partial charge in [-0.1, -0.05) is 6.07 Å². The molecule has 0 unspecified atom stereocenters. The molecule has 1 aromatic rings. The number of urea groups is 1. The highest BCUT2D eigenvalue weighted by Gasteiger charge is 2.43. The zero-order valence-electron chi connectivity index (χ0n) is 12.3. The summed E-state index contributed by atoms with van der Waals surface area (Å²) in [7, 11) is 0. The van der Waals surface area contributed by atoms with Crippen molar-refractivity contribution >= 4 is 11.9 Å². The van der Waals surface area contributed by atoms with Gasteiger partial charge in [0.2, 0.25) is 0 Å². The quantitative estimate of drug-likeness (QED) is 0.856. The lowest BCUT2D eigenvalue weighted by Crippen LogP contribution is -2.40. The highest BCUT2D eigenvalue weighted by Crippen LogP contribution is 2.18. The smallest absolute Gasteiger partial charge is 0.325 e. The molecule has 0 aliphatic carbocycles. The van der Waals surface area contributed by atoms with Gasteiger partial charge in [0, 0.05) is 0 Å². The summed E-state index contributed by atoms with van der Waals surface area (Å²) in [5.41, 5.74) is 1.42. The Kier molecular flexibility index (Phi) is 3.70. The molecule has 0 spiro atoms. The lowest BCUT2D eigenvalue weighted by Gasteiger charge is -2.16. The van der Waals surface area contributed by atoms with Crippen molar-refractivity contribution in [3.05, 3.63) is 29.3 Å². The van der Waals surface area contributed by atoms with Crippen molar-refractivity contribution in [2.24, 2.45) is 0 Å².